The van der Waals surface area contributed by atoms with Crippen LogP contribution >= 0.6 is 0 Å². The molecule has 31 heavy (non-hydrogen) atoms. The fourth-order valence-corrected chi connectivity index (χ4v) is 5.14. The molecule has 0 spiro atoms. The van der Waals surface area contributed by atoms with Crippen LogP contribution < -0.4 is 0 Å². The van der Waals surface area contributed by atoms with Crippen LogP contribution in [0.25, 0.3) is 11.1 Å². The summed E-state index contributed by atoms with van der Waals surface area (Å²) in [6.45, 7) is 5.94. The topological polar surface area (TPSA) is 42.2 Å². The minimum atomic E-state index is -0.237. The Balaban J connectivity index is 1.36. The van der Waals surface area contributed by atoms with E-state index in [1.807, 2.05) is 0 Å². The third-order valence-electron chi connectivity index (χ3n) is 7.42. The molecule has 1 saturated heterocycles. The second-order valence-electron chi connectivity index (χ2n) is 9.42. The summed E-state index contributed by atoms with van der Waals surface area (Å²) in [6.07, 6.45) is 7.37. The SMILES string of the molecule is CCCC1COC(c2ccc(-c3ccc(C4CCC(C#N)(CC)CC4)cc3)cc2)OC1. The van der Waals surface area contributed by atoms with Crippen molar-refractivity contribution >= 4 is 0 Å². The van der Waals surface area contributed by atoms with E-state index in [2.05, 4.69) is 68.4 Å². The van der Waals surface area contributed by atoms with Gasteiger partial charge < -0.3 is 9.47 Å². The minimum absolute atomic E-state index is 0.0825. The van der Waals surface area contributed by atoms with Gasteiger partial charge in [0.25, 0.3) is 0 Å². The molecule has 1 saturated carbocycles. The Hall–Kier alpha value is -2.15. The van der Waals surface area contributed by atoms with Gasteiger partial charge in [-0.2, -0.15) is 5.26 Å². The zero-order valence-corrected chi connectivity index (χ0v) is 19.0. The molecular formula is C28H35NO2. The van der Waals surface area contributed by atoms with Crippen molar-refractivity contribution in [1.82, 2.24) is 0 Å². The summed E-state index contributed by atoms with van der Waals surface area (Å²) in [7, 11) is 0. The average Bonchev–Trinajstić information content (AvgIpc) is 2.85. The summed E-state index contributed by atoms with van der Waals surface area (Å²) in [6, 6.07) is 20.2. The third kappa shape index (κ3) is 5.03. The van der Waals surface area contributed by atoms with E-state index in [-0.39, 0.29) is 11.7 Å². The summed E-state index contributed by atoms with van der Waals surface area (Å²) < 4.78 is 11.9. The van der Waals surface area contributed by atoms with Gasteiger partial charge in [-0.15, -0.1) is 0 Å². The number of nitrogens with zero attached hydrogens (tertiary/aromatic N) is 1. The van der Waals surface area contributed by atoms with E-state index in [1.165, 1.54) is 29.5 Å². The first-order chi connectivity index (χ1) is 15.2. The summed E-state index contributed by atoms with van der Waals surface area (Å²) in [5, 5.41) is 9.53. The van der Waals surface area contributed by atoms with Crippen LogP contribution in [0.2, 0.25) is 0 Å². The van der Waals surface area contributed by atoms with E-state index in [0.29, 0.717) is 11.8 Å². The summed E-state index contributed by atoms with van der Waals surface area (Å²) in [5.74, 6) is 1.11. The van der Waals surface area contributed by atoms with Gasteiger partial charge in [-0.1, -0.05) is 68.8 Å². The van der Waals surface area contributed by atoms with Gasteiger partial charge in [-0.05, 0) is 61.1 Å². The molecule has 3 nitrogen and oxygen atoms in total. The Morgan fingerprint density at radius 2 is 1.42 bits per heavy atom. The summed E-state index contributed by atoms with van der Waals surface area (Å²) in [5.41, 5.74) is 4.87. The van der Waals surface area contributed by atoms with Crippen LogP contribution in [0, 0.1) is 22.7 Å². The van der Waals surface area contributed by atoms with Crippen LogP contribution in [0.5, 0.6) is 0 Å². The molecule has 1 aliphatic carbocycles. The van der Waals surface area contributed by atoms with Crippen LogP contribution in [0.4, 0.5) is 0 Å². The second-order valence-corrected chi connectivity index (χ2v) is 9.42. The molecule has 1 aliphatic heterocycles. The highest BCUT2D eigenvalue weighted by Gasteiger charge is 2.34. The van der Waals surface area contributed by atoms with Gasteiger partial charge in [0.05, 0.1) is 24.7 Å². The Labute approximate surface area is 187 Å². The molecule has 0 amide bonds. The van der Waals surface area contributed by atoms with Crippen molar-refractivity contribution in [3.05, 3.63) is 59.7 Å². The number of ether oxygens (including phenoxy) is 2. The standard InChI is InChI=1S/C28H35NO2/c1-3-5-21-18-30-27(31-19-21)26-12-10-23(11-13-26)22-6-8-24(9-7-22)25-14-16-28(4-2,20-29)17-15-25/h6-13,21,25,27H,3-5,14-19H2,1-2H3. The highest BCUT2D eigenvalue weighted by atomic mass is 16.7. The Kier molecular flexibility index (Phi) is 7.10. The molecule has 0 unspecified atom stereocenters. The molecule has 2 aliphatic rings. The molecule has 4 rings (SSSR count). The molecule has 2 fully saturated rings. The number of nitriles is 1. The maximum atomic E-state index is 9.53. The molecule has 0 atom stereocenters. The van der Waals surface area contributed by atoms with Gasteiger partial charge in [0.1, 0.15) is 0 Å². The van der Waals surface area contributed by atoms with Crippen molar-refractivity contribution in [2.45, 2.75) is 71.0 Å². The van der Waals surface area contributed by atoms with Gasteiger partial charge in [-0.3, -0.25) is 0 Å². The summed E-state index contributed by atoms with van der Waals surface area (Å²) in [4.78, 5) is 0. The zero-order valence-electron chi connectivity index (χ0n) is 19.0. The zero-order chi connectivity index (χ0) is 21.7. The van der Waals surface area contributed by atoms with Crippen LogP contribution in [0.15, 0.2) is 48.5 Å². The number of benzene rings is 2. The van der Waals surface area contributed by atoms with E-state index in [9.17, 15) is 5.26 Å². The van der Waals surface area contributed by atoms with Crippen molar-refractivity contribution in [2.24, 2.45) is 11.3 Å². The molecule has 164 valence electrons. The first-order valence-electron chi connectivity index (χ1n) is 12.0. The molecule has 2 aromatic carbocycles. The Morgan fingerprint density at radius 3 is 1.90 bits per heavy atom. The third-order valence-corrected chi connectivity index (χ3v) is 7.42. The summed E-state index contributed by atoms with van der Waals surface area (Å²) >= 11 is 0. The van der Waals surface area contributed by atoms with E-state index < -0.39 is 0 Å². The molecule has 0 N–H and O–H groups in total. The van der Waals surface area contributed by atoms with Gasteiger partial charge >= 0.3 is 0 Å². The van der Waals surface area contributed by atoms with Crippen molar-refractivity contribution in [2.75, 3.05) is 13.2 Å². The highest BCUT2D eigenvalue weighted by Crippen LogP contribution is 2.44. The Morgan fingerprint density at radius 1 is 0.871 bits per heavy atom. The van der Waals surface area contributed by atoms with E-state index in [4.69, 9.17) is 9.47 Å². The number of hydrogen-bond donors (Lipinski definition) is 0. The lowest BCUT2D eigenvalue weighted by Gasteiger charge is -2.34. The molecule has 0 bridgehead atoms. The molecular weight excluding hydrogens is 382 g/mol. The molecule has 0 radical (unpaired) electrons. The molecule has 1 heterocycles. The average molecular weight is 418 g/mol. The van der Waals surface area contributed by atoms with Crippen molar-refractivity contribution in [1.29, 1.82) is 5.26 Å². The van der Waals surface area contributed by atoms with Gasteiger partial charge in [0, 0.05) is 11.5 Å². The van der Waals surface area contributed by atoms with Crippen LogP contribution in [-0.4, -0.2) is 13.2 Å². The van der Waals surface area contributed by atoms with E-state index in [1.54, 1.807) is 0 Å². The van der Waals surface area contributed by atoms with E-state index >= 15 is 0 Å². The fraction of sp³-hybridized carbons (Fsp3) is 0.536. The maximum absolute atomic E-state index is 9.53. The first-order valence-corrected chi connectivity index (χ1v) is 12.0. The van der Waals surface area contributed by atoms with Crippen LogP contribution in [0.1, 0.15) is 82.1 Å². The first kappa shape index (κ1) is 22.1. The lowest BCUT2D eigenvalue weighted by Crippen LogP contribution is -2.26. The fourth-order valence-electron chi connectivity index (χ4n) is 5.14. The van der Waals surface area contributed by atoms with Crippen molar-refractivity contribution < 1.29 is 9.47 Å². The normalized spacial score (nSPS) is 28.7. The van der Waals surface area contributed by atoms with Crippen LogP contribution in [-0.2, 0) is 9.47 Å². The molecule has 0 aromatic heterocycles. The van der Waals surface area contributed by atoms with Gasteiger partial charge in [-0.25, -0.2) is 0 Å². The second kappa shape index (κ2) is 9.98. The van der Waals surface area contributed by atoms with Gasteiger partial charge in [0.15, 0.2) is 6.29 Å². The Bertz CT molecular complexity index is 865. The maximum Gasteiger partial charge on any atom is 0.183 e. The largest absolute Gasteiger partial charge is 0.348 e. The predicted octanol–water partition coefficient (Wildman–Crippen LogP) is 7.39. The van der Waals surface area contributed by atoms with Crippen molar-refractivity contribution in [3.8, 4) is 17.2 Å². The number of hydrogen-bond acceptors (Lipinski definition) is 3. The smallest absolute Gasteiger partial charge is 0.183 e. The van der Waals surface area contributed by atoms with Crippen molar-refractivity contribution in [3.63, 3.8) is 0 Å². The monoisotopic (exact) mass is 417 g/mol. The quantitative estimate of drug-likeness (QED) is 0.492. The van der Waals surface area contributed by atoms with Crippen LogP contribution in [0.3, 0.4) is 0 Å². The van der Waals surface area contributed by atoms with Gasteiger partial charge in [0.2, 0.25) is 0 Å². The number of rotatable bonds is 6. The lowest BCUT2D eigenvalue weighted by molar-refractivity contribution is -0.206. The molecule has 3 heteroatoms. The lowest BCUT2D eigenvalue weighted by atomic mass is 9.68. The predicted molar refractivity (Wildman–Crippen MR) is 124 cm³/mol. The van der Waals surface area contributed by atoms with E-state index in [0.717, 1.165) is 50.9 Å². The molecule has 2 aromatic rings. The minimum Gasteiger partial charge on any atom is -0.348 e. The highest BCUT2D eigenvalue weighted by molar-refractivity contribution is 5.64.